The molecule has 5 nitrogen and oxygen atoms in total. The van der Waals surface area contributed by atoms with Gasteiger partial charge < -0.3 is 9.64 Å². The molecule has 1 amide bonds. The van der Waals surface area contributed by atoms with Gasteiger partial charge in [0.25, 0.3) is 5.91 Å². The summed E-state index contributed by atoms with van der Waals surface area (Å²) in [6, 6.07) is 17.6. The number of amides is 1. The lowest BCUT2D eigenvalue weighted by Gasteiger charge is -2.28. The van der Waals surface area contributed by atoms with E-state index in [9.17, 15) is 13.2 Å². The van der Waals surface area contributed by atoms with Crippen LogP contribution in [0.3, 0.4) is 0 Å². The lowest BCUT2D eigenvalue weighted by molar-refractivity contribution is -0.135. The maximum atomic E-state index is 12.9. The maximum Gasteiger partial charge on any atom is 0.260 e. The normalized spacial score (nSPS) is 17.8. The van der Waals surface area contributed by atoms with E-state index >= 15 is 0 Å². The second-order valence-corrected chi connectivity index (χ2v) is 9.79. The molecule has 0 saturated carbocycles. The zero-order chi connectivity index (χ0) is 20.7. The second-order valence-electron chi connectivity index (χ2n) is 7.56. The van der Waals surface area contributed by atoms with Gasteiger partial charge in [-0.1, -0.05) is 61.9 Å². The first-order valence-corrected chi connectivity index (χ1v) is 12.0. The highest BCUT2D eigenvalue weighted by atomic mass is 32.2. The quantitative estimate of drug-likeness (QED) is 0.629. The zero-order valence-electron chi connectivity index (χ0n) is 16.9. The van der Waals surface area contributed by atoms with Gasteiger partial charge in [0.1, 0.15) is 5.75 Å². The van der Waals surface area contributed by atoms with E-state index in [2.05, 4.69) is 19.1 Å². The van der Waals surface area contributed by atoms with Crippen LogP contribution in [0.25, 0.3) is 0 Å². The lowest BCUT2D eigenvalue weighted by Crippen LogP contribution is -2.44. The molecule has 3 rings (SSSR count). The maximum absolute atomic E-state index is 12.9. The molecule has 0 bridgehead atoms. The van der Waals surface area contributed by atoms with Crippen LogP contribution in [0.2, 0.25) is 0 Å². The molecular formula is C23H29NO4S. The summed E-state index contributed by atoms with van der Waals surface area (Å²) in [7, 11) is -3.04. The van der Waals surface area contributed by atoms with Crippen LogP contribution in [0, 0.1) is 0 Å². The minimum absolute atomic E-state index is 0.0625. The Bertz CT molecular complexity index is 911. The van der Waals surface area contributed by atoms with Gasteiger partial charge in [0, 0.05) is 19.0 Å². The van der Waals surface area contributed by atoms with Crippen molar-refractivity contribution in [1.82, 2.24) is 4.90 Å². The molecule has 1 atom stereocenters. The molecule has 1 heterocycles. The summed E-state index contributed by atoms with van der Waals surface area (Å²) < 4.78 is 29.6. The van der Waals surface area contributed by atoms with E-state index in [0.717, 1.165) is 24.8 Å². The van der Waals surface area contributed by atoms with Crippen molar-refractivity contribution in [2.75, 3.05) is 24.7 Å². The molecular weight excluding hydrogens is 386 g/mol. The molecule has 0 radical (unpaired) electrons. The van der Waals surface area contributed by atoms with Gasteiger partial charge in [-0.15, -0.1) is 0 Å². The number of carbonyl (C=O) groups is 1. The van der Waals surface area contributed by atoms with Gasteiger partial charge in [-0.25, -0.2) is 8.42 Å². The van der Waals surface area contributed by atoms with Gasteiger partial charge in [-0.2, -0.15) is 0 Å². The minimum atomic E-state index is -3.04. The fraction of sp³-hybridized carbons (Fsp3) is 0.435. The fourth-order valence-corrected chi connectivity index (χ4v) is 5.42. The van der Waals surface area contributed by atoms with Gasteiger partial charge >= 0.3 is 0 Å². The second kappa shape index (κ2) is 9.92. The third kappa shape index (κ3) is 6.07. The first-order chi connectivity index (χ1) is 14.0. The Hall–Kier alpha value is -2.34. The molecule has 2 aromatic rings. The molecule has 6 heteroatoms. The number of benzene rings is 2. The zero-order valence-corrected chi connectivity index (χ0v) is 17.7. The lowest BCUT2D eigenvalue weighted by atomic mass is 10.0. The van der Waals surface area contributed by atoms with Crippen LogP contribution in [0.15, 0.2) is 54.6 Å². The number of hydrogen-bond donors (Lipinski definition) is 0. The van der Waals surface area contributed by atoms with Crippen molar-refractivity contribution in [2.45, 2.75) is 38.6 Å². The highest BCUT2D eigenvalue weighted by Crippen LogP contribution is 2.23. The molecule has 0 N–H and O–H groups in total. The molecule has 1 saturated heterocycles. The summed E-state index contributed by atoms with van der Waals surface area (Å²) in [4.78, 5) is 14.6. The van der Waals surface area contributed by atoms with Gasteiger partial charge in [-0.3, -0.25) is 4.79 Å². The Kier molecular flexibility index (Phi) is 7.31. The van der Waals surface area contributed by atoms with Gasteiger partial charge in [0.15, 0.2) is 16.4 Å². The summed E-state index contributed by atoms with van der Waals surface area (Å²) >= 11 is 0. The number of carbonyl (C=O) groups excluding carboxylic acids is 1. The van der Waals surface area contributed by atoms with Gasteiger partial charge in [0.05, 0.1) is 11.5 Å². The smallest absolute Gasteiger partial charge is 0.260 e. The molecule has 0 aliphatic carbocycles. The molecule has 0 spiro atoms. The van der Waals surface area contributed by atoms with Crippen molar-refractivity contribution < 1.29 is 17.9 Å². The van der Waals surface area contributed by atoms with Crippen LogP contribution in [0.1, 0.15) is 37.3 Å². The van der Waals surface area contributed by atoms with E-state index < -0.39 is 9.84 Å². The van der Waals surface area contributed by atoms with E-state index in [4.69, 9.17) is 4.74 Å². The SMILES string of the molecule is CCCCN(C(=O)COc1ccccc1Cc1ccccc1)C1CCS(=O)(=O)C1. The Morgan fingerprint density at radius 1 is 1.10 bits per heavy atom. The number of hydrogen-bond acceptors (Lipinski definition) is 4. The van der Waals surface area contributed by atoms with Crippen LogP contribution in [0.5, 0.6) is 5.75 Å². The van der Waals surface area contributed by atoms with E-state index in [1.54, 1.807) is 4.90 Å². The molecule has 1 unspecified atom stereocenters. The molecule has 1 aliphatic heterocycles. The van der Waals surface area contributed by atoms with E-state index in [1.165, 1.54) is 5.56 Å². The first kappa shape index (κ1) is 21.4. The van der Waals surface area contributed by atoms with Crippen molar-refractivity contribution in [1.29, 1.82) is 0 Å². The van der Waals surface area contributed by atoms with Crippen molar-refractivity contribution in [3.8, 4) is 5.75 Å². The average Bonchev–Trinajstić information content (AvgIpc) is 3.08. The summed E-state index contributed by atoms with van der Waals surface area (Å²) in [6.45, 7) is 2.56. The molecule has 2 aromatic carbocycles. The molecule has 29 heavy (non-hydrogen) atoms. The Balaban J connectivity index is 1.66. The molecule has 1 aliphatic rings. The minimum Gasteiger partial charge on any atom is -0.483 e. The number of para-hydroxylation sites is 1. The number of nitrogens with zero attached hydrogens (tertiary/aromatic N) is 1. The Morgan fingerprint density at radius 3 is 2.52 bits per heavy atom. The highest BCUT2D eigenvalue weighted by Gasteiger charge is 2.34. The van der Waals surface area contributed by atoms with E-state index in [0.29, 0.717) is 18.7 Å². The van der Waals surface area contributed by atoms with Crippen LogP contribution in [-0.4, -0.2) is 49.9 Å². The monoisotopic (exact) mass is 415 g/mol. The van der Waals surface area contributed by atoms with E-state index in [-0.39, 0.29) is 30.1 Å². The van der Waals surface area contributed by atoms with Crippen molar-refractivity contribution in [3.05, 3.63) is 65.7 Å². The number of unbranched alkanes of at least 4 members (excludes halogenated alkanes) is 1. The molecule has 0 aromatic heterocycles. The van der Waals surface area contributed by atoms with Crippen molar-refractivity contribution in [2.24, 2.45) is 0 Å². The number of sulfone groups is 1. The van der Waals surface area contributed by atoms with Crippen LogP contribution in [-0.2, 0) is 21.1 Å². The van der Waals surface area contributed by atoms with Crippen molar-refractivity contribution in [3.63, 3.8) is 0 Å². The van der Waals surface area contributed by atoms with Crippen LogP contribution in [0.4, 0.5) is 0 Å². The molecule has 1 fully saturated rings. The average molecular weight is 416 g/mol. The Labute approximate surface area is 173 Å². The highest BCUT2D eigenvalue weighted by molar-refractivity contribution is 7.91. The third-order valence-electron chi connectivity index (χ3n) is 5.28. The summed E-state index contributed by atoms with van der Waals surface area (Å²) in [6.07, 6.45) is 3.05. The Morgan fingerprint density at radius 2 is 1.83 bits per heavy atom. The number of rotatable bonds is 9. The summed E-state index contributed by atoms with van der Waals surface area (Å²) in [5.74, 6) is 0.774. The largest absolute Gasteiger partial charge is 0.483 e. The summed E-state index contributed by atoms with van der Waals surface area (Å²) in [5.41, 5.74) is 2.20. The van der Waals surface area contributed by atoms with Crippen molar-refractivity contribution >= 4 is 15.7 Å². The third-order valence-corrected chi connectivity index (χ3v) is 7.03. The fourth-order valence-electron chi connectivity index (χ4n) is 3.69. The molecule has 156 valence electrons. The van der Waals surface area contributed by atoms with Gasteiger partial charge in [-0.05, 0) is 30.0 Å². The predicted molar refractivity (Wildman–Crippen MR) is 115 cm³/mol. The summed E-state index contributed by atoms with van der Waals surface area (Å²) in [5, 5.41) is 0. The van der Waals surface area contributed by atoms with Gasteiger partial charge in [0.2, 0.25) is 0 Å². The van der Waals surface area contributed by atoms with Crippen LogP contribution >= 0.6 is 0 Å². The standard InChI is InChI=1S/C23H29NO4S/c1-2-3-14-24(21-13-15-29(26,27)18-21)23(25)17-28-22-12-8-7-11-20(22)16-19-9-5-4-6-10-19/h4-12,21H,2-3,13-18H2,1H3. The topological polar surface area (TPSA) is 63.7 Å². The predicted octanol–water partition coefficient (Wildman–Crippen LogP) is 3.47. The number of ether oxygens (including phenoxy) is 1. The van der Waals surface area contributed by atoms with Crippen LogP contribution < -0.4 is 4.74 Å². The first-order valence-electron chi connectivity index (χ1n) is 10.2. The van der Waals surface area contributed by atoms with E-state index in [1.807, 2.05) is 42.5 Å².